The fourth-order valence-corrected chi connectivity index (χ4v) is 10.5. The van der Waals surface area contributed by atoms with Crippen LogP contribution in [0.25, 0.3) is 21.5 Å². The maximum absolute atomic E-state index is 12.0. The van der Waals surface area contributed by atoms with E-state index in [-0.39, 0.29) is 31.2 Å². The predicted molar refractivity (Wildman–Crippen MR) is 279 cm³/mol. The number of carbonyl (C=O) groups is 3. The molecular weight excluding hydrogens is 849 g/mol. The summed E-state index contributed by atoms with van der Waals surface area (Å²) in [4.78, 5) is 36.4. The highest BCUT2D eigenvalue weighted by atomic mass is 16.5. The maximum Gasteiger partial charge on any atom is 0.309 e. The van der Waals surface area contributed by atoms with Gasteiger partial charge in [-0.1, -0.05) is 85.4 Å². The lowest BCUT2D eigenvalue weighted by Crippen LogP contribution is -2.36. The number of aldehydes is 1. The highest BCUT2D eigenvalue weighted by Crippen LogP contribution is 2.40. The van der Waals surface area contributed by atoms with Crippen LogP contribution in [0, 0.1) is 34.5 Å². The number of fused-ring (bicyclic) bond motifs is 2. The molecule has 9 nitrogen and oxygen atoms in total. The van der Waals surface area contributed by atoms with Crippen LogP contribution >= 0.6 is 0 Å². The van der Waals surface area contributed by atoms with E-state index in [1.54, 1.807) is 0 Å². The normalized spacial score (nSPS) is 21.8. The first-order valence-electron chi connectivity index (χ1n) is 25.7. The van der Waals surface area contributed by atoms with Crippen molar-refractivity contribution in [2.45, 2.75) is 159 Å². The number of hydrogen-bond donors (Lipinski definition) is 1. The summed E-state index contributed by atoms with van der Waals surface area (Å²) in [7, 11) is 0. The Kier molecular flexibility index (Phi) is 20.8. The molecule has 0 unspecified atom stereocenters. The van der Waals surface area contributed by atoms with Crippen LogP contribution in [0.1, 0.15) is 156 Å². The van der Waals surface area contributed by atoms with Gasteiger partial charge in [-0.25, -0.2) is 0 Å². The summed E-state index contributed by atoms with van der Waals surface area (Å²) in [5.41, 5.74) is 2.85. The molecule has 0 spiro atoms. The van der Waals surface area contributed by atoms with Crippen LogP contribution in [0.5, 0.6) is 11.5 Å². The molecule has 0 bridgehead atoms. The van der Waals surface area contributed by atoms with Crippen LogP contribution in [0.2, 0.25) is 0 Å². The van der Waals surface area contributed by atoms with Crippen molar-refractivity contribution < 1.29 is 33.3 Å². The highest BCUT2D eigenvalue weighted by molar-refractivity contribution is 5.89. The smallest absolute Gasteiger partial charge is 0.309 e. The predicted octanol–water partition coefficient (Wildman–Crippen LogP) is 13.4. The summed E-state index contributed by atoms with van der Waals surface area (Å²) < 4.78 is 22.7. The molecule has 8 rings (SSSR count). The standard InChI is InChI=1S/C29H41NO3.C21H26O2.C8H15NO2.CH4/c1-5-32-28(31)22-14-16-30(17-15-22)20-21-6-7-24-19-27(11-8-23(24)18-21)33-26-12-9-25(10-13-26)29(2,3)4;1-21(2,3)18-7-10-19(11-8-18)23-20-9-6-16-12-15(14-22)4-5-17(16)13-20;1-2-11-8(10)7-3-5-9-6-4-7;/h6-8,11,18-19,22,25-26H,5,9-10,12-17,20H2,1-4H3;4-6,9,12-14,18-19H,7-8,10-11H2,1-3H3;7,9H,2-6H2,1H3;1H4. The molecule has 0 radical (unpaired) electrons. The second-order valence-electron chi connectivity index (χ2n) is 21.7. The zero-order chi connectivity index (χ0) is 48.0. The van der Waals surface area contributed by atoms with Crippen LogP contribution in [0.15, 0.2) is 72.8 Å². The second kappa shape index (κ2) is 25.9. The Bertz CT molecular complexity index is 2180. The van der Waals surface area contributed by atoms with Crippen molar-refractivity contribution in [1.82, 2.24) is 10.2 Å². The fraction of sp³-hybridized carbons (Fsp3) is 0.610. The lowest BCUT2D eigenvalue weighted by Gasteiger charge is -2.37. The number of benzene rings is 4. The van der Waals surface area contributed by atoms with Crippen molar-refractivity contribution in [1.29, 1.82) is 0 Å². The lowest BCUT2D eigenvalue weighted by molar-refractivity contribution is -0.150. The summed E-state index contributed by atoms with van der Waals surface area (Å²) in [6, 6.07) is 25.2. The number of nitrogens with one attached hydrogen (secondary N) is 1. The minimum absolute atomic E-state index is 0. The number of piperidine rings is 2. The molecule has 4 fully saturated rings. The third-order valence-corrected chi connectivity index (χ3v) is 14.8. The molecular formula is C59H86N2O7. The van der Waals surface area contributed by atoms with Gasteiger partial charge < -0.3 is 24.3 Å². The first-order chi connectivity index (χ1) is 32.1. The maximum atomic E-state index is 12.0. The quantitative estimate of drug-likeness (QED) is 0.116. The van der Waals surface area contributed by atoms with Crippen molar-refractivity contribution in [2.24, 2.45) is 34.5 Å². The van der Waals surface area contributed by atoms with E-state index in [0.717, 1.165) is 124 Å². The molecule has 9 heteroatoms. The zero-order valence-corrected chi connectivity index (χ0v) is 42.2. The van der Waals surface area contributed by atoms with Gasteiger partial charge in [-0.2, -0.15) is 0 Å². The third kappa shape index (κ3) is 16.3. The van der Waals surface area contributed by atoms with Gasteiger partial charge in [0, 0.05) is 12.1 Å². The molecule has 0 aromatic heterocycles. The number of ether oxygens (including phenoxy) is 4. The molecule has 1 N–H and O–H groups in total. The second-order valence-corrected chi connectivity index (χ2v) is 21.7. The van der Waals surface area contributed by atoms with E-state index in [4.69, 9.17) is 18.9 Å². The van der Waals surface area contributed by atoms with E-state index in [1.165, 1.54) is 42.0 Å². The Labute approximate surface area is 409 Å². The average Bonchev–Trinajstić information content (AvgIpc) is 3.32. The zero-order valence-electron chi connectivity index (χ0n) is 42.2. The van der Waals surface area contributed by atoms with E-state index in [2.05, 4.69) is 94.2 Å². The topological polar surface area (TPSA) is 103 Å². The highest BCUT2D eigenvalue weighted by Gasteiger charge is 2.32. The number of hydrogen-bond acceptors (Lipinski definition) is 9. The van der Waals surface area contributed by atoms with E-state index in [9.17, 15) is 14.4 Å². The van der Waals surface area contributed by atoms with Crippen molar-refractivity contribution >= 4 is 39.8 Å². The van der Waals surface area contributed by atoms with E-state index in [1.807, 2.05) is 44.2 Å². The largest absolute Gasteiger partial charge is 0.490 e. The first-order valence-corrected chi connectivity index (χ1v) is 25.7. The van der Waals surface area contributed by atoms with E-state index >= 15 is 0 Å². The van der Waals surface area contributed by atoms with Crippen molar-refractivity contribution in [3.63, 3.8) is 0 Å². The molecule has 68 heavy (non-hydrogen) atoms. The number of rotatable bonds is 11. The molecule has 2 aliphatic carbocycles. The summed E-state index contributed by atoms with van der Waals surface area (Å²) in [5.74, 6) is 3.73. The Hall–Kier alpha value is -4.47. The van der Waals surface area contributed by atoms with Crippen molar-refractivity contribution in [3.8, 4) is 11.5 Å². The van der Waals surface area contributed by atoms with Gasteiger partial charge in [-0.05, 0) is 203 Å². The minimum Gasteiger partial charge on any atom is -0.490 e. The van der Waals surface area contributed by atoms with Gasteiger partial charge in [0.1, 0.15) is 17.8 Å². The SMILES string of the molecule is C.CC(C)(C)C1CCC(Oc2ccc3cc(C=O)ccc3c2)CC1.CCOC(=O)C1CCN(Cc2ccc3cc(OC4CCC(C(C)(C)C)CC4)ccc3c2)CC1.CCOC(=O)C1CCNCC1. The van der Waals surface area contributed by atoms with Crippen LogP contribution in [-0.4, -0.2) is 74.7 Å². The summed E-state index contributed by atoms with van der Waals surface area (Å²) in [6.45, 7) is 23.5. The summed E-state index contributed by atoms with van der Waals surface area (Å²) in [6.07, 6.45) is 14.9. The van der Waals surface area contributed by atoms with E-state index in [0.29, 0.717) is 41.8 Å². The van der Waals surface area contributed by atoms with Crippen molar-refractivity contribution in [2.75, 3.05) is 39.4 Å². The van der Waals surface area contributed by atoms with Gasteiger partial charge in [0.25, 0.3) is 0 Å². The van der Waals surface area contributed by atoms with Gasteiger partial charge in [0.15, 0.2) is 0 Å². The number of carbonyl (C=O) groups excluding carboxylic acids is 3. The van der Waals surface area contributed by atoms with Gasteiger partial charge in [0.2, 0.25) is 0 Å². The average molecular weight is 935 g/mol. The molecule has 4 aliphatic rings. The Morgan fingerprint density at radius 2 is 1.00 bits per heavy atom. The number of likely N-dealkylation sites (tertiary alicyclic amines) is 1. The van der Waals surface area contributed by atoms with Gasteiger partial charge >= 0.3 is 11.9 Å². The summed E-state index contributed by atoms with van der Waals surface area (Å²) >= 11 is 0. The van der Waals surface area contributed by atoms with E-state index < -0.39 is 0 Å². The Balaban J connectivity index is 0.000000213. The molecule has 2 heterocycles. The van der Waals surface area contributed by atoms with Gasteiger partial charge in [-0.3, -0.25) is 19.3 Å². The number of esters is 2. The van der Waals surface area contributed by atoms with Crippen LogP contribution < -0.4 is 14.8 Å². The Morgan fingerprint density at radius 1 is 0.574 bits per heavy atom. The van der Waals surface area contributed by atoms with Crippen LogP contribution in [0.3, 0.4) is 0 Å². The lowest BCUT2D eigenvalue weighted by atomic mass is 9.72. The van der Waals surface area contributed by atoms with Crippen molar-refractivity contribution in [3.05, 3.63) is 83.9 Å². The summed E-state index contributed by atoms with van der Waals surface area (Å²) in [5, 5.41) is 7.91. The van der Waals surface area contributed by atoms with Gasteiger partial charge in [-0.15, -0.1) is 0 Å². The number of nitrogens with zero attached hydrogens (tertiary/aromatic N) is 1. The molecule has 374 valence electrons. The van der Waals surface area contributed by atoms with Crippen LogP contribution in [-0.2, 0) is 25.6 Å². The van der Waals surface area contributed by atoms with Crippen LogP contribution in [0.4, 0.5) is 0 Å². The minimum atomic E-state index is -0.0249. The molecule has 0 amide bonds. The molecule has 2 saturated heterocycles. The van der Waals surface area contributed by atoms with Gasteiger partial charge in [0.05, 0.1) is 37.3 Å². The molecule has 4 aromatic carbocycles. The molecule has 2 saturated carbocycles. The molecule has 4 aromatic rings. The Morgan fingerprint density at radius 3 is 1.46 bits per heavy atom. The fourth-order valence-electron chi connectivity index (χ4n) is 10.5. The molecule has 2 aliphatic heterocycles. The monoisotopic (exact) mass is 935 g/mol. The third-order valence-electron chi connectivity index (χ3n) is 14.8. The molecule has 0 atom stereocenters. The first kappa shape index (κ1) is 54.5.